The second-order valence-corrected chi connectivity index (χ2v) is 6.75. The van der Waals surface area contributed by atoms with Crippen molar-refractivity contribution in [1.29, 1.82) is 0 Å². The predicted molar refractivity (Wildman–Crippen MR) is 93.7 cm³/mol. The van der Waals surface area contributed by atoms with Crippen molar-refractivity contribution in [3.63, 3.8) is 0 Å². The van der Waals surface area contributed by atoms with E-state index in [-0.39, 0.29) is 18.4 Å². The molecular formula is C19H22ClNO2. The highest BCUT2D eigenvalue weighted by molar-refractivity contribution is 6.30. The van der Waals surface area contributed by atoms with E-state index in [0.717, 1.165) is 11.1 Å². The minimum Gasteiger partial charge on any atom is -0.394 e. The van der Waals surface area contributed by atoms with Crippen molar-refractivity contribution in [2.75, 3.05) is 6.61 Å². The molecule has 0 spiro atoms. The number of hydrogen-bond donors (Lipinski definition) is 2. The third-order valence-corrected chi connectivity index (χ3v) is 3.99. The molecule has 2 aromatic rings. The summed E-state index contributed by atoms with van der Waals surface area (Å²) in [5, 5.41) is 12.9. The van der Waals surface area contributed by atoms with Crippen LogP contribution in [-0.2, 0) is 4.79 Å². The van der Waals surface area contributed by atoms with E-state index in [2.05, 4.69) is 5.32 Å². The lowest BCUT2D eigenvalue weighted by molar-refractivity contribution is -0.123. The van der Waals surface area contributed by atoms with E-state index in [9.17, 15) is 9.90 Å². The minimum atomic E-state index is -0.627. The van der Waals surface area contributed by atoms with Gasteiger partial charge in [0.2, 0.25) is 5.91 Å². The molecule has 0 aromatic heterocycles. The second-order valence-electron chi connectivity index (χ2n) is 6.31. The molecule has 0 fully saturated rings. The summed E-state index contributed by atoms with van der Waals surface area (Å²) >= 11 is 5.97. The summed E-state index contributed by atoms with van der Waals surface area (Å²) in [4.78, 5) is 12.4. The first-order valence-corrected chi connectivity index (χ1v) is 8.01. The Hall–Kier alpha value is -1.84. The smallest absolute Gasteiger partial charge is 0.221 e. The van der Waals surface area contributed by atoms with Gasteiger partial charge < -0.3 is 10.4 Å². The molecule has 0 radical (unpaired) electrons. The predicted octanol–water partition coefficient (Wildman–Crippen LogP) is 3.75. The number of amides is 1. The van der Waals surface area contributed by atoms with Crippen molar-refractivity contribution in [2.45, 2.75) is 31.7 Å². The van der Waals surface area contributed by atoms with E-state index in [4.69, 9.17) is 11.6 Å². The lowest BCUT2D eigenvalue weighted by Crippen LogP contribution is -2.46. The summed E-state index contributed by atoms with van der Waals surface area (Å²) in [7, 11) is 0. The Morgan fingerprint density at radius 1 is 1.09 bits per heavy atom. The van der Waals surface area contributed by atoms with Gasteiger partial charge in [-0.1, -0.05) is 54.1 Å². The first-order valence-electron chi connectivity index (χ1n) is 7.63. The van der Waals surface area contributed by atoms with Crippen molar-refractivity contribution >= 4 is 17.5 Å². The van der Waals surface area contributed by atoms with E-state index in [1.807, 2.05) is 54.6 Å². The number of nitrogens with one attached hydrogen (secondary N) is 1. The van der Waals surface area contributed by atoms with Crippen LogP contribution in [0.1, 0.15) is 37.3 Å². The minimum absolute atomic E-state index is 0.0528. The number of benzene rings is 2. The molecule has 0 aliphatic rings. The van der Waals surface area contributed by atoms with Gasteiger partial charge in [0, 0.05) is 17.4 Å². The fraction of sp³-hybridized carbons (Fsp3) is 0.316. The van der Waals surface area contributed by atoms with Crippen LogP contribution in [0, 0.1) is 0 Å². The summed E-state index contributed by atoms with van der Waals surface area (Å²) in [6, 6.07) is 17.5. The maximum atomic E-state index is 12.4. The number of carbonyl (C=O) groups is 1. The Kier molecular flexibility index (Phi) is 5.80. The molecule has 0 saturated heterocycles. The number of halogens is 1. The average Bonchev–Trinajstić information content (AvgIpc) is 2.54. The van der Waals surface area contributed by atoms with Crippen molar-refractivity contribution in [2.24, 2.45) is 0 Å². The molecule has 3 nitrogen and oxygen atoms in total. The monoisotopic (exact) mass is 331 g/mol. The van der Waals surface area contributed by atoms with Crippen molar-refractivity contribution in [3.8, 4) is 0 Å². The van der Waals surface area contributed by atoms with Crippen LogP contribution in [0.25, 0.3) is 0 Å². The van der Waals surface area contributed by atoms with E-state index < -0.39 is 5.54 Å². The van der Waals surface area contributed by atoms with Crippen LogP contribution in [0.5, 0.6) is 0 Å². The first kappa shape index (κ1) is 17.5. The normalized spacial score (nSPS) is 12.7. The molecule has 0 bridgehead atoms. The number of hydrogen-bond acceptors (Lipinski definition) is 2. The lowest BCUT2D eigenvalue weighted by atomic mass is 9.88. The molecule has 2 N–H and O–H groups in total. The first-order chi connectivity index (χ1) is 10.9. The average molecular weight is 332 g/mol. The highest BCUT2D eigenvalue weighted by Crippen LogP contribution is 2.29. The fourth-order valence-electron chi connectivity index (χ4n) is 2.46. The highest BCUT2D eigenvalue weighted by atomic mass is 35.5. The van der Waals surface area contributed by atoms with E-state index in [1.54, 1.807) is 13.8 Å². The van der Waals surface area contributed by atoms with Crippen molar-refractivity contribution < 1.29 is 9.90 Å². The Bertz CT molecular complexity index is 638. The van der Waals surface area contributed by atoms with E-state index in [1.165, 1.54) is 0 Å². The van der Waals surface area contributed by atoms with Gasteiger partial charge in [0.1, 0.15) is 0 Å². The molecule has 4 heteroatoms. The van der Waals surface area contributed by atoms with E-state index >= 15 is 0 Å². The molecule has 1 atom stereocenters. The molecule has 0 aliphatic carbocycles. The zero-order valence-corrected chi connectivity index (χ0v) is 14.2. The van der Waals surface area contributed by atoms with Crippen LogP contribution in [0.15, 0.2) is 54.6 Å². The Morgan fingerprint density at radius 3 is 2.22 bits per heavy atom. The Labute approximate surface area is 142 Å². The van der Waals surface area contributed by atoms with Gasteiger partial charge in [0.25, 0.3) is 0 Å². The Balaban J connectivity index is 2.24. The molecule has 0 aliphatic heterocycles. The number of carbonyl (C=O) groups excluding carboxylic acids is 1. The molecule has 23 heavy (non-hydrogen) atoms. The van der Waals surface area contributed by atoms with Crippen LogP contribution >= 0.6 is 11.6 Å². The largest absolute Gasteiger partial charge is 0.394 e. The Morgan fingerprint density at radius 2 is 1.65 bits per heavy atom. The van der Waals surface area contributed by atoms with Gasteiger partial charge in [-0.25, -0.2) is 0 Å². The summed E-state index contributed by atoms with van der Waals surface area (Å²) in [5.74, 6) is -0.143. The molecule has 0 saturated carbocycles. The zero-order chi connectivity index (χ0) is 16.9. The summed E-state index contributed by atoms with van der Waals surface area (Å²) in [6.45, 7) is 3.49. The molecule has 1 amide bonds. The number of aliphatic hydroxyl groups is 1. The quantitative estimate of drug-likeness (QED) is 0.847. The van der Waals surface area contributed by atoms with Crippen LogP contribution in [-0.4, -0.2) is 23.2 Å². The lowest BCUT2D eigenvalue weighted by Gasteiger charge is -2.25. The molecule has 2 aromatic carbocycles. The van der Waals surface area contributed by atoms with Gasteiger partial charge in [-0.15, -0.1) is 0 Å². The maximum absolute atomic E-state index is 12.4. The molecule has 2 rings (SSSR count). The number of aliphatic hydroxyl groups excluding tert-OH is 1. The van der Waals surface area contributed by atoms with Crippen LogP contribution in [0.2, 0.25) is 5.02 Å². The van der Waals surface area contributed by atoms with Crippen LogP contribution in [0.4, 0.5) is 0 Å². The number of rotatable bonds is 6. The van der Waals surface area contributed by atoms with Gasteiger partial charge in [-0.05, 0) is 37.1 Å². The van der Waals surface area contributed by atoms with Gasteiger partial charge in [-0.2, -0.15) is 0 Å². The summed E-state index contributed by atoms with van der Waals surface area (Å²) in [5.41, 5.74) is 1.49. The SMILES string of the molecule is CC(C)(CO)NC(=O)CC(c1ccccc1)c1ccc(Cl)cc1. The zero-order valence-electron chi connectivity index (χ0n) is 13.4. The van der Waals surface area contributed by atoms with E-state index in [0.29, 0.717) is 11.4 Å². The molecule has 122 valence electrons. The summed E-state index contributed by atoms with van der Waals surface area (Å²) in [6.07, 6.45) is 0.315. The standard InChI is InChI=1S/C19H22ClNO2/c1-19(2,13-22)21-18(23)12-17(14-6-4-3-5-7-14)15-8-10-16(20)11-9-15/h3-11,17,22H,12-13H2,1-2H3,(H,21,23). The van der Waals surface area contributed by atoms with Crippen molar-refractivity contribution in [1.82, 2.24) is 5.32 Å². The molecular weight excluding hydrogens is 310 g/mol. The van der Waals surface area contributed by atoms with Gasteiger partial charge >= 0.3 is 0 Å². The third kappa shape index (κ3) is 5.08. The van der Waals surface area contributed by atoms with Gasteiger partial charge in [0.05, 0.1) is 12.1 Å². The maximum Gasteiger partial charge on any atom is 0.221 e. The van der Waals surface area contributed by atoms with Gasteiger partial charge in [-0.3, -0.25) is 4.79 Å². The fourth-order valence-corrected chi connectivity index (χ4v) is 2.59. The van der Waals surface area contributed by atoms with Gasteiger partial charge in [0.15, 0.2) is 0 Å². The molecule has 1 unspecified atom stereocenters. The third-order valence-electron chi connectivity index (χ3n) is 3.74. The van der Waals surface area contributed by atoms with Crippen LogP contribution < -0.4 is 5.32 Å². The second kappa shape index (κ2) is 7.62. The highest BCUT2D eigenvalue weighted by Gasteiger charge is 2.23. The summed E-state index contributed by atoms with van der Waals surface area (Å²) < 4.78 is 0. The van der Waals surface area contributed by atoms with Crippen molar-refractivity contribution in [3.05, 3.63) is 70.7 Å². The van der Waals surface area contributed by atoms with Crippen LogP contribution in [0.3, 0.4) is 0 Å². The topological polar surface area (TPSA) is 49.3 Å². The molecule has 0 heterocycles.